The normalized spacial score (nSPS) is 10.2. The second-order valence-electron chi connectivity index (χ2n) is 4.00. The summed E-state index contributed by atoms with van der Waals surface area (Å²) in [5.74, 6) is -2.23. The summed E-state index contributed by atoms with van der Waals surface area (Å²) in [7, 11) is 1.49. The van der Waals surface area contributed by atoms with Crippen LogP contribution in [0.4, 0.5) is 8.78 Å². The van der Waals surface area contributed by atoms with Gasteiger partial charge in [0.05, 0.1) is 7.11 Å². The third-order valence-corrected chi connectivity index (χ3v) is 2.67. The minimum atomic E-state index is -1.11. The average molecular weight is 278 g/mol. The fourth-order valence-electron chi connectivity index (χ4n) is 1.62. The van der Waals surface area contributed by atoms with E-state index in [0.717, 1.165) is 6.07 Å². The SMILES string of the molecule is COc1cccc(C(=O)COc2cccc(F)c2F)c1. The zero-order chi connectivity index (χ0) is 14.5. The summed E-state index contributed by atoms with van der Waals surface area (Å²) in [4.78, 5) is 11.9. The van der Waals surface area contributed by atoms with Crippen LogP contribution >= 0.6 is 0 Å². The standard InChI is InChI=1S/C15H12F2O3/c1-19-11-5-2-4-10(8-11)13(18)9-20-14-7-3-6-12(16)15(14)17/h2-8H,9H2,1H3. The monoisotopic (exact) mass is 278 g/mol. The van der Waals surface area contributed by atoms with Crippen LogP contribution in [-0.4, -0.2) is 19.5 Å². The number of rotatable bonds is 5. The maximum Gasteiger partial charge on any atom is 0.200 e. The molecule has 20 heavy (non-hydrogen) atoms. The third-order valence-electron chi connectivity index (χ3n) is 2.67. The number of ketones is 1. The zero-order valence-electron chi connectivity index (χ0n) is 10.7. The van der Waals surface area contributed by atoms with Crippen molar-refractivity contribution in [2.75, 3.05) is 13.7 Å². The maximum absolute atomic E-state index is 13.3. The highest BCUT2D eigenvalue weighted by Crippen LogP contribution is 2.19. The molecule has 0 unspecified atom stereocenters. The molecule has 0 aliphatic carbocycles. The fraction of sp³-hybridized carbons (Fsp3) is 0.133. The second kappa shape index (κ2) is 6.14. The lowest BCUT2D eigenvalue weighted by atomic mass is 10.1. The number of carbonyl (C=O) groups is 1. The number of benzene rings is 2. The van der Waals surface area contributed by atoms with Gasteiger partial charge in [0, 0.05) is 5.56 Å². The van der Waals surface area contributed by atoms with Gasteiger partial charge in [-0.2, -0.15) is 4.39 Å². The third kappa shape index (κ3) is 3.12. The van der Waals surface area contributed by atoms with Gasteiger partial charge in [-0.05, 0) is 24.3 Å². The Hall–Kier alpha value is -2.43. The van der Waals surface area contributed by atoms with Gasteiger partial charge in [-0.25, -0.2) is 4.39 Å². The second-order valence-corrected chi connectivity index (χ2v) is 4.00. The Balaban J connectivity index is 2.06. The van der Waals surface area contributed by atoms with Crippen LogP contribution in [0.3, 0.4) is 0 Å². The van der Waals surface area contributed by atoms with Crippen LogP contribution < -0.4 is 9.47 Å². The van der Waals surface area contributed by atoms with E-state index in [2.05, 4.69) is 0 Å². The van der Waals surface area contributed by atoms with Gasteiger partial charge in [0.25, 0.3) is 0 Å². The molecule has 0 spiro atoms. The predicted molar refractivity (Wildman–Crippen MR) is 69.2 cm³/mol. The number of ether oxygens (including phenoxy) is 2. The van der Waals surface area contributed by atoms with E-state index in [9.17, 15) is 13.6 Å². The Labute approximate surface area is 114 Å². The summed E-state index contributed by atoms with van der Waals surface area (Å²) < 4.78 is 36.3. The first kappa shape index (κ1) is 14.0. The lowest BCUT2D eigenvalue weighted by Crippen LogP contribution is -2.12. The van der Waals surface area contributed by atoms with Crippen LogP contribution in [0.5, 0.6) is 11.5 Å². The summed E-state index contributed by atoms with van der Waals surface area (Å²) in [6.07, 6.45) is 0. The van der Waals surface area contributed by atoms with Gasteiger partial charge in [0.2, 0.25) is 5.82 Å². The molecule has 0 aromatic heterocycles. The van der Waals surface area contributed by atoms with E-state index in [-0.39, 0.29) is 18.1 Å². The van der Waals surface area contributed by atoms with Crippen molar-refractivity contribution in [2.24, 2.45) is 0 Å². The van der Waals surface area contributed by atoms with Crippen molar-refractivity contribution in [1.82, 2.24) is 0 Å². The van der Waals surface area contributed by atoms with Gasteiger partial charge in [-0.3, -0.25) is 4.79 Å². The van der Waals surface area contributed by atoms with Gasteiger partial charge >= 0.3 is 0 Å². The van der Waals surface area contributed by atoms with Crippen molar-refractivity contribution < 1.29 is 23.0 Å². The Bertz CT molecular complexity index is 626. The van der Waals surface area contributed by atoms with E-state index >= 15 is 0 Å². The highest BCUT2D eigenvalue weighted by Gasteiger charge is 2.12. The summed E-state index contributed by atoms with van der Waals surface area (Å²) in [5.41, 5.74) is 0.376. The van der Waals surface area contributed by atoms with Crippen LogP contribution in [0.25, 0.3) is 0 Å². The molecule has 2 aromatic rings. The molecule has 0 radical (unpaired) electrons. The predicted octanol–water partition coefficient (Wildman–Crippen LogP) is 3.24. The van der Waals surface area contributed by atoms with Crippen molar-refractivity contribution in [2.45, 2.75) is 0 Å². The minimum absolute atomic E-state index is 0.291. The van der Waals surface area contributed by atoms with Crippen molar-refractivity contribution in [3.05, 3.63) is 59.7 Å². The zero-order valence-corrected chi connectivity index (χ0v) is 10.7. The molecule has 2 aromatic carbocycles. The first-order chi connectivity index (χ1) is 9.61. The first-order valence-corrected chi connectivity index (χ1v) is 5.86. The number of carbonyl (C=O) groups excluding carboxylic acids is 1. The number of hydrogen-bond acceptors (Lipinski definition) is 3. The summed E-state index contributed by atoms with van der Waals surface area (Å²) in [6.45, 7) is -0.381. The number of Topliss-reactive ketones (excluding diaryl/α,β-unsaturated/α-hetero) is 1. The maximum atomic E-state index is 13.3. The average Bonchev–Trinajstić information content (AvgIpc) is 2.48. The molecule has 0 atom stereocenters. The van der Waals surface area contributed by atoms with E-state index in [1.165, 1.54) is 19.2 Å². The van der Waals surface area contributed by atoms with Crippen molar-refractivity contribution in [3.63, 3.8) is 0 Å². The molecular formula is C15H12F2O3. The molecule has 104 valence electrons. The lowest BCUT2D eigenvalue weighted by molar-refractivity contribution is 0.0917. The summed E-state index contributed by atoms with van der Waals surface area (Å²) >= 11 is 0. The molecule has 0 amide bonds. The van der Waals surface area contributed by atoms with Gasteiger partial charge < -0.3 is 9.47 Å². The van der Waals surface area contributed by atoms with Crippen molar-refractivity contribution >= 4 is 5.78 Å². The molecule has 5 heteroatoms. The molecular weight excluding hydrogens is 266 g/mol. The molecule has 3 nitrogen and oxygen atoms in total. The molecule has 0 fully saturated rings. The van der Waals surface area contributed by atoms with E-state index in [1.54, 1.807) is 24.3 Å². The van der Waals surface area contributed by atoms with Gasteiger partial charge in [-0.15, -0.1) is 0 Å². The summed E-state index contributed by atoms with van der Waals surface area (Å²) in [5, 5.41) is 0. The fourth-order valence-corrected chi connectivity index (χ4v) is 1.62. The highest BCUT2D eigenvalue weighted by molar-refractivity contribution is 5.97. The van der Waals surface area contributed by atoms with Crippen molar-refractivity contribution in [1.29, 1.82) is 0 Å². The molecule has 0 aliphatic heterocycles. The lowest BCUT2D eigenvalue weighted by Gasteiger charge is -2.07. The van der Waals surface area contributed by atoms with Gasteiger partial charge in [0.15, 0.2) is 24.0 Å². The molecule has 0 saturated heterocycles. The van der Waals surface area contributed by atoms with Gasteiger partial charge in [-0.1, -0.05) is 18.2 Å². The Morgan fingerprint density at radius 2 is 1.90 bits per heavy atom. The van der Waals surface area contributed by atoms with E-state index in [4.69, 9.17) is 9.47 Å². The Kier molecular flexibility index (Phi) is 4.30. The molecule has 0 saturated carbocycles. The van der Waals surface area contributed by atoms with Crippen LogP contribution in [-0.2, 0) is 0 Å². The number of hydrogen-bond donors (Lipinski definition) is 0. The van der Waals surface area contributed by atoms with Crippen LogP contribution in [0.2, 0.25) is 0 Å². The number of halogens is 2. The molecule has 0 aliphatic rings. The van der Waals surface area contributed by atoms with Crippen LogP contribution in [0.1, 0.15) is 10.4 Å². The van der Waals surface area contributed by atoms with Crippen molar-refractivity contribution in [3.8, 4) is 11.5 Å². The number of methoxy groups -OCH3 is 1. The van der Waals surface area contributed by atoms with E-state index < -0.39 is 11.6 Å². The summed E-state index contributed by atoms with van der Waals surface area (Å²) in [6, 6.07) is 10.1. The first-order valence-electron chi connectivity index (χ1n) is 5.86. The Morgan fingerprint density at radius 3 is 2.65 bits per heavy atom. The molecule has 2 rings (SSSR count). The van der Waals surface area contributed by atoms with E-state index in [1.807, 2.05) is 0 Å². The molecule has 0 N–H and O–H groups in total. The van der Waals surface area contributed by atoms with Crippen LogP contribution in [0, 0.1) is 11.6 Å². The largest absolute Gasteiger partial charge is 0.497 e. The molecule has 0 heterocycles. The van der Waals surface area contributed by atoms with Crippen LogP contribution in [0.15, 0.2) is 42.5 Å². The quantitative estimate of drug-likeness (QED) is 0.788. The highest BCUT2D eigenvalue weighted by atomic mass is 19.2. The Morgan fingerprint density at radius 1 is 1.15 bits per heavy atom. The topological polar surface area (TPSA) is 35.5 Å². The molecule has 0 bridgehead atoms. The smallest absolute Gasteiger partial charge is 0.200 e. The minimum Gasteiger partial charge on any atom is -0.497 e. The van der Waals surface area contributed by atoms with E-state index in [0.29, 0.717) is 11.3 Å². The van der Waals surface area contributed by atoms with Gasteiger partial charge in [0.1, 0.15) is 5.75 Å².